The molecule has 0 saturated carbocycles. The van der Waals surface area contributed by atoms with E-state index < -0.39 is 0 Å². The third-order valence-corrected chi connectivity index (χ3v) is 4.12. The second-order valence-electron chi connectivity index (χ2n) is 4.96. The van der Waals surface area contributed by atoms with Gasteiger partial charge in [0.05, 0.1) is 5.75 Å². The zero-order chi connectivity index (χ0) is 16.5. The summed E-state index contributed by atoms with van der Waals surface area (Å²) in [6.45, 7) is 2.51. The van der Waals surface area contributed by atoms with E-state index in [9.17, 15) is 9.59 Å². The maximum absolute atomic E-state index is 11.8. The van der Waals surface area contributed by atoms with Crippen molar-refractivity contribution in [3.8, 4) is 0 Å². The normalized spacial score (nSPS) is 10.1. The summed E-state index contributed by atoms with van der Waals surface area (Å²) in [6.07, 6.45) is 0. The first-order valence-corrected chi connectivity index (χ1v) is 8.64. The molecule has 0 atom stereocenters. The van der Waals surface area contributed by atoms with E-state index in [1.54, 1.807) is 11.8 Å². The molecule has 4 nitrogen and oxygen atoms in total. The number of para-hydroxylation sites is 1. The van der Waals surface area contributed by atoms with Gasteiger partial charge in [0.25, 0.3) is 5.91 Å². The van der Waals surface area contributed by atoms with Crippen LogP contribution in [0.4, 0.5) is 5.69 Å². The van der Waals surface area contributed by atoms with E-state index in [1.807, 2.05) is 61.5 Å². The lowest BCUT2D eigenvalue weighted by Gasteiger charge is -2.06. The average Bonchev–Trinajstić information content (AvgIpc) is 2.56. The van der Waals surface area contributed by atoms with Crippen LogP contribution in [0.5, 0.6) is 0 Å². The van der Waals surface area contributed by atoms with Crippen LogP contribution in [-0.2, 0) is 10.5 Å². The van der Waals surface area contributed by atoms with Crippen LogP contribution >= 0.6 is 11.8 Å². The molecule has 0 bridgehead atoms. The van der Waals surface area contributed by atoms with Gasteiger partial charge in [0, 0.05) is 23.5 Å². The van der Waals surface area contributed by atoms with E-state index in [-0.39, 0.29) is 11.8 Å². The van der Waals surface area contributed by atoms with Gasteiger partial charge in [-0.1, -0.05) is 30.3 Å². The maximum Gasteiger partial charge on any atom is 0.251 e. The first-order valence-electron chi connectivity index (χ1n) is 7.49. The van der Waals surface area contributed by atoms with Gasteiger partial charge in [0.2, 0.25) is 5.91 Å². The van der Waals surface area contributed by atoms with Crippen molar-refractivity contribution in [1.82, 2.24) is 5.32 Å². The van der Waals surface area contributed by atoms with Crippen molar-refractivity contribution in [2.24, 2.45) is 0 Å². The van der Waals surface area contributed by atoms with E-state index in [1.165, 1.54) is 0 Å². The fourth-order valence-corrected chi connectivity index (χ4v) is 2.78. The summed E-state index contributed by atoms with van der Waals surface area (Å²) in [4.78, 5) is 23.5. The quantitative estimate of drug-likeness (QED) is 0.820. The SMILES string of the molecule is CCNC(=O)c1ccc(CSCC(=O)Nc2ccccc2)cc1. The molecular weight excluding hydrogens is 308 g/mol. The number of benzene rings is 2. The third kappa shape index (κ3) is 5.79. The second kappa shape index (κ2) is 9.00. The van der Waals surface area contributed by atoms with E-state index >= 15 is 0 Å². The number of hydrogen-bond donors (Lipinski definition) is 2. The fourth-order valence-electron chi connectivity index (χ4n) is 2.00. The van der Waals surface area contributed by atoms with Gasteiger partial charge in [-0.15, -0.1) is 11.8 Å². The molecule has 0 aliphatic rings. The fraction of sp³-hybridized carbons (Fsp3) is 0.222. The topological polar surface area (TPSA) is 58.2 Å². The van der Waals surface area contributed by atoms with Crippen molar-refractivity contribution < 1.29 is 9.59 Å². The summed E-state index contributed by atoms with van der Waals surface area (Å²) in [6, 6.07) is 16.9. The number of rotatable bonds is 7. The molecule has 2 aromatic carbocycles. The summed E-state index contributed by atoms with van der Waals surface area (Å²) in [5.41, 5.74) is 2.56. The molecule has 0 unspecified atom stereocenters. The van der Waals surface area contributed by atoms with Gasteiger partial charge in [-0.2, -0.15) is 0 Å². The van der Waals surface area contributed by atoms with Crippen molar-refractivity contribution in [1.29, 1.82) is 0 Å². The Balaban J connectivity index is 1.75. The Morgan fingerprint density at radius 2 is 1.70 bits per heavy atom. The predicted octanol–water partition coefficient (Wildman–Crippen LogP) is 3.31. The number of hydrogen-bond acceptors (Lipinski definition) is 3. The summed E-state index contributed by atoms with van der Waals surface area (Å²) in [5, 5.41) is 5.62. The van der Waals surface area contributed by atoms with Crippen LogP contribution in [0.2, 0.25) is 0 Å². The summed E-state index contributed by atoms with van der Waals surface area (Å²) in [5.74, 6) is 1.05. The predicted molar refractivity (Wildman–Crippen MR) is 95.7 cm³/mol. The summed E-state index contributed by atoms with van der Waals surface area (Å²) >= 11 is 1.55. The van der Waals surface area contributed by atoms with Crippen molar-refractivity contribution in [2.75, 3.05) is 17.6 Å². The van der Waals surface area contributed by atoms with Crippen LogP contribution in [0.25, 0.3) is 0 Å². The molecule has 0 aliphatic heterocycles. The van der Waals surface area contributed by atoms with Crippen LogP contribution in [0.3, 0.4) is 0 Å². The molecule has 0 aromatic heterocycles. The van der Waals surface area contributed by atoms with Crippen LogP contribution < -0.4 is 10.6 Å². The van der Waals surface area contributed by atoms with E-state index in [0.717, 1.165) is 17.0 Å². The lowest BCUT2D eigenvalue weighted by molar-refractivity contribution is -0.113. The highest BCUT2D eigenvalue weighted by Crippen LogP contribution is 2.14. The van der Waals surface area contributed by atoms with E-state index in [0.29, 0.717) is 17.9 Å². The Bertz CT molecular complexity index is 642. The molecule has 120 valence electrons. The summed E-state index contributed by atoms with van der Waals surface area (Å²) in [7, 11) is 0. The van der Waals surface area contributed by atoms with Gasteiger partial charge in [-0.3, -0.25) is 9.59 Å². The monoisotopic (exact) mass is 328 g/mol. The Morgan fingerprint density at radius 1 is 1.00 bits per heavy atom. The van der Waals surface area contributed by atoms with E-state index in [2.05, 4.69) is 10.6 Å². The van der Waals surface area contributed by atoms with Crippen molar-refractivity contribution in [3.05, 3.63) is 65.7 Å². The number of anilines is 1. The zero-order valence-corrected chi connectivity index (χ0v) is 13.9. The van der Waals surface area contributed by atoms with Crippen LogP contribution in [-0.4, -0.2) is 24.1 Å². The van der Waals surface area contributed by atoms with Crippen LogP contribution in [0.1, 0.15) is 22.8 Å². The molecular formula is C18H20N2O2S. The molecule has 2 rings (SSSR count). The van der Waals surface area contributed by atoms with Crippen molar-refractivity contribution in [3.63, 3.8) is 0 Å². The van der Waals surface area contributed by atoms with Gasteiger partial charge >= 0.3 is 0 Å². The minimum absolute atomic E-state index is 0.0138. The first kappa shape index (κ1) is 17.1. The largest absolute Gasteiger partial charge is 0.352 e. The Morgan fingerprint density at radius 3 is 2.35 bits per heavy atom. The molecule has 0 heterocycles. The molecule has 0 spiro atoms. The van der Waals surface area contributed by atoms with Gasteiger partial charge in [-0.05, 0) is 36.8 Å². The van der Waals surface area contributed by atoms with Crippen LogP contribution in [0, 0.1) is 0 Å². The molecule has 2 N–H and O–H groups in total. The van der Waals surface area contributed by atoms with Gasteiger partial charge < -0.3 is 10.6 Å². The highest BCUT2D eigenvalue weighted by Gasteiger charge is 2.05. The van der Waals surface area contributed by atoms with Gasteiger partial charge in [0.1, 0.15) is 0 Å². The third-order valence-electron chi connectivity index (χ3n) is 3.11. The molecule has 0 radical (unpaired) electrons. The number of thioether (sulfide) groups is 1. The lowest BCUT2D eigenvalue weighted by Crippen LogP contribution is -2.22. The highest BCUT2D eigenvalue weighted by atomic mass is 32.2. The van der Waals surface area contributed by atoms with Crippen molar-refractivity contribution >= 4 is 29.3 Å². The number of carbonyl (C=O) groups is 2. The van der Waals surface area contributed by atoms with Crippen molar-refractivity contribution in [2.45, 2.75) is 12.7 Å². The Kier molecular flexibility index (Phi) is 6.69. The zero-order valence-electron chi connectivity index (χ0n) is 13.0. The molecule has 23 heavy (non-hydrogen) atoms. The second-order valence-corrected chi connectivity index (χ2v) is 5.95. The lowest BCUT2D eigenvalue weighted by atomic mass is 10.1. The Labute approximate surface area is 140 Å². The highest BCUT2D eigenvalue weighted by molar-refractivity contribution is 7.99. The molecule has 5 heteroatoms. The minimum atomic E-state index is -0.0612. The molecule has 2 amide bonds. The Hall–Kier alpha value is -2.27. The van der Waals surface area contributed by atoms with E-state index in [4.69, 9.17) is 0 Å². The number of carbonyl (C=O) groups excluding carboxylic acids is 2. The van der Waals surface area contributed by atoms with Crippen LogP contribution in [0.15, 0.2) is 54.6 Å². The molecule has 2 aromatic rings. The number of amides is 2. The number of nitrogens with one attached hydrogen (secondary N) is 2. The molecule has 0 aliphatic carbocycles. The average molecular weight is 328 g/mol. The molecule has 0 fully saturated rings. The summed E-state index contributed by atoms with van der Waals surface area (Å²) < 4.78 is 0. The first-order chi connectivity index (χ1) is 11.2. The van der Waals surface area contributed by atoms with Gasteiger partial charge in [0.15, 0.2) is 0 Å². The minimum Gasteiger partial charge on any atom is -0.352 e. The molecule has 0 saturated heterocycles. The smallest absolute Gasteiger partial charge is 0.251 e. The maximum atomic E-state index is 11.8. The standard InChI is InChI=1S/C18H20N2O2S/c1-2-19-18(22)15-10-8-14(9-11-15)12-23-13-17(21)20-16-6-4-3-5-7-16/h3-11H,2,12-13H2,1H3,(H,19,22)(H,20,21). The van der Waals surface area contributed by atoms with Gasteiger partial charge in [-0.25, -0.2) is 0 Å².